The molecule has 1 rings (SSSR count). The lowest BCUT2D eigenvalue weighted by atomic mass is 9.85. The molecule has 12 nitrogen and oxygen atoms in total. The van der Waals surface area contributed by atoms with E-state index in [1.54, 1.807) is 0 Å². The zero-order valence-corrected chi connectivity index (χ0v) is 37.8. The number of aliphatic hydroxyl groups is 5. The van der Waals surface area contributed by atoms with Crippen LogP contribution in [0.4, 0.5) is 0 Å². The second-order valence-corrected chi connectivity index (χ2v) is 18.4. The van der Waals surface area contributed by atoms with Gasteiger partial charge in [-0.25, -0.2) is 4.57 Å². The highest BCUT2D eigenvalue weighted by molar-refractivity contribution is 7.47. The first kappa shape index (κ1) is 55.4. The fraction of sp³-hybridized carbons (Fsp3) is 0.978. The van der Waals surface area contributed by atoms with Crippen LogP contribution in [0.25, 0.3) is 0 Å². The molecule has 0 aromatic rings. The van der Waals surface area contributed by atoms with Crippen LogP contribution in [0.1, 0.15) is 219 Å². The minimum atomic E-state index is -5.01. The Balaban J connectivity index is 2.36. The highest BCUT2D eigenvalue weighted by atomic mass is 31.2. The first-order valence-corrected chi connectivity index (χ1v) is 25.4. The average molecular weight is 853 g/mol. The number of hydrogen-bond acceptors (Lipinski definition) is 11. The smallest absolute Gasteiger partial charge is 0.457 e. The summed E-state index contributed by atoms with van der Waals surface area (Å²) in [5, 5.41) is 50.2. The molecule has 1 aliphatic carbocycles. The molecule has 13 heteroatoms. The van der Waals surface area contributed by atoms with Crippen LogP contribution in [0.3, 0.4) is 0 Å². The SMILES string of the molecule is CCCCCCCCCCCCCCCCCCCC(=O)O[C@H](COCCCCCCCCCCCCCCCC)COP(=O)(O)OC1C(O)C(O)C(O)[C@@H](O)C1O. The van der Waals surface area contributed by atoms with Crippen molar-refractivity contribution in [3.05, 3.63) is 0 Å². The molecule has 0 aliphatic heterocycles. The highest BCUT2D eigenvalue weighted by Crippen LogP contribution is 2.47. The molecule has 8 atom stereocenters. The number of aliphatic hydroxyl groups excluding tert-OH is 5. The molecule has 0 heterocycles. The summed E-state index contributed by atoms with van der Waals surface area (Å²) >= 11 is 0. The Bertz CT molecular complexity index is 973. The predicted octanol–water partition coefficient (Wildman–Crippen LogP) is 9.76. The van der Waals surface area contributed by atoms with Gasteiger partial charge < -0.3 is 39.9 Å². The quantitative estimate of drug-likeness (QED) is 0.0194. The largest absolute Gasteiger partial charge is 0.472 e. The number of rotatable bonds is 41. The van der Waals surface area contributed by atoms with E-state index in [-0.39, 0.29) is 13.0 Å². The predicted molar refractivity (Wildman–Crippen MR) is 230 cm³/mol. The van der Waals surface area contributed by atoms with Gasteiger partial charge in [-0.15, -0.1) is 0 Å². The van der Waals surface area contributed by atoms with Gasteiger partial charge in [0.1, 0.15) is 42.7 Å². The molecular formula is C45H89O12P. The molecule has 6 N–H and O–H groups in total. The minimum Gasteiger partial charge on any atom is -0.457 e. The van der Waals surface area contributed by atoms with E-state index in [0.29, 0.717) is 13.0 Å². The van der Waals surface area contributed by atoms with E-state index < -0.39 is 63.1 Å². The number of esters is 1. The molecule has 1 saturated carbocycles. The number of ether oxygens (including phenoxy) is 2. The van der Waals surface area contributed by atoms with E-state index >= 15 is 0 Å². The Hall–Kier alpha value is -0.660. The molecule has 58 heavy (non-hydrogen) atoms. The van der Waals surface area contributed by atoms with E-state index in [9.17, 15) is 39.8 Å². The lowest BCUT2D eigenvalue weighted by Crippen LogP contribution is -2.64. The summed E-state index contributed by atoms with van der Waals surface area (Å²) in [5.74, 6) is -0.471. The Morgan fingerprint density at radius 1 is 0.483 bits per heavy atom. The average Bonchev–Trinajstić information content (AvgIpc) is 3.21. The van der Waals surface area contributed by atoms with Crippen LogP contribution in [0.5, 0.6) is 0 Å². The van der Waals surface area contributed by atoms with Gasteiger partial charge in [0.25, 0.3) is 0 Å². The number of carbonyl (C=O) groups is 1. The molecule has 0 radical (unpaired) electrons. The first-order chi connectivity index (χ1) is 28.0. The van der Waals surface area contributed by atoms with Gasteiger partial charge >= 0.3 is 13.8 Å². The second kappa shape index (κ2) is 36.9. The van der Waals surface area contributed by atoms with Crippen molar-refractivity contribution in [2.24, 2.45) is 0 Å². The number of unbranched alkanes of at least 4 members (excludes halogenated alkanes) is 29. The van der Waals surface area contributed by atoms with Crippen molar-refractivity contribution in [2.75, 3.05) is 19.8 Å². The van der Waals surface area contributed by atoms with Gasteiger partial charge in [0.15, 0.2) is 0 Å². The van der Waals surface area contributed by atoms with Crippen LogP contribution >= 0.6 is 7.82 Å². The molecule has 6 unspecified atom stereocenters. The fourth-order valence-corrected chi connectivity index (χ4v) is 8.62. The third-order valence-corrected chi connectivity index (χ3v) is 12.5. The monoisotopic (exact) mass is 853 g/mol. The Morgan fingerprint density at radius 2 is 0.810 bits per heavy atom. The van der Waals surface area contributed by atoms with Crippen molar-refractivity contribution in [3.63, 3.8) is 0 Å². The number of phosphoric acid groups is 1. The molecule has 0 saturated heterocycles. The molecule has 0 amide bonds. The van der Waals surface area contributed by atoms with Crippen molar-refractivity contribution in [2.45, 2.75) is 262 Å². The second-order valence-electron chi connectivity index (χ2n) is 17.0. The van der Waals surface area contributed by atoms with Crippen LogP contribution in [0.15, 0.2) is 0 Å². The molecular weight excluding hydrogens is 763 g/mol. The summed E-state index contributed by atoms with van der Waals surface area (Å²) in [4.78, 5) is 23.2. The maximum absolute atomic E-state index is 12.8. The molecule has 1 aliphatic rings. The van der Waals surface area contributed by atoms with Crippen LogP contribution in [0, 0.1) is 0 Å². The Kier molecular flexibility index (Phi) is 35.3. The van der Waals surface area contributed by atoms with Crippen LogP contribution in [-0.2, 0) is 27.9 Å². The van der Waals surface area contributed by atoms with Crippen LogP contribution in [-0.4, -0.2) is 98.9 Å². The fourth-order valence-electron chi connectivity index (χ4n) is 7.65. The van der Waals surface area contributed by atoms with Gasteiger partial charge in [0.2, 0.25) is 0 Å². The Morgan fingerprint density at radius 3 is 1.19 bits per heavy atom. The van der Waals surface area contributed by atoms with Gasteiger partial charge in [0, 0.05) is 13.0 Å². The zero-order chi connectivity index (χ0) is 42.7. The zero-order valence-electron chi connectivity index (χ0n) is 36.9. The summed E-state index contributed by atoms with van der Waals surface area (Å²) in [6.07, 6.45) is 26.0. The molecule has 0 spiro atoms. The molecule has 1 fully saturated rings. The van der Waals surface area contributed by atoms with E-state index in [1.807, 2.05) is 0 Å². The lowest BCUT2D eigenvalue weighted by Gasteiger charge is -2.41. The summed E-state index contributed by atoms with van der Waals surface area (Å²) in [5.41, 5.74) is 0. The number of hydrogen-bond donors (Lipinski definition) is 6. The van der Waals surface area contributed by atoms with Gasteiger partial charge in [-0.1, -0.05) is 200 Å². The maximum atomic E-state index is 12.8. The molecule has 346 valence electrons. The van der Waals surface area contributed by atoms with Gasteiger partial charge in [-0.05, 0) is 12.8 Å². The van der Waals surface area contributed by atoms with E-state index in [1.165, 1.54) is 154 Å². The number of phosphoric ester groups is 1. The van der Waals surface area contributed by atoms with Gasteiger partial charge in [-0.2, -0.15) is 0 Å². The van der Waals surface area contributed by atoms with Crippen LogP contribution < -0.4 is 0 Å². The summed E-state index contributed by atoms with van der Waals surface area (Å²) in [6.45, 7) is 4.30. The topological polar surface area (TPSA) is 192 Å². The van der Waals surface area contributed by atoms with Crippen molar-refractivity contribution < 1.29 is 58.3 Å². The van der Waals surface area contributed by atoms with Crippen molar-refractivity contribution >= 4 is 13.8 Å². The number of carbonyl (C=O) groups excluding carboxylic acids is 1. The Labute approximate surface area is 353 Å². The summed E-state index contributed by atoms with van der Waals surface area (Å²) < 4.78 is 34.2. The van der Waals surface area contributed by atoms with E-state index in [0.717, 1.165) is 38.5 Å². The van der Waals surface area contributed by atoms with Gasteiger partial charge in [0.05, 0.1) is 13.2 Å². The van der Waals surface area contributed by atoms with Gasteiger partial charge in [-0.3, -0.25) is 13.8 Å². The van der Waals surface area contributed by atoms with Crippen LogP contribution in [0.2, 0.25) is 0 Å². The maximum Gasteiger partial charge on any atom is 0.472 e. The standard InChI is InChI=1S/C45H89O12P/c1-3-5-7-9-11-13-15-17-19-20-21-22-24-26-28-30-32-34-39(46)56-38(36-54-35-33-31-29-27-25-23-18-16-14-12-10-8-6-4-2)37-55-58(52,53)57-45-43(50)41(48)40(47)42(49)44(45)51/h38,40-45,47-51H,3-37H2,1-2H3,(H,52,53)/t38-,40?,41-,42?,43?,44?,45?/m1/s1. The third-order valence-electron chi connectivity index (χ3n) is 11.5. The first-order valence-electron chi connectivity index (χ1n) is 23.9. The van der Waals surface area contributed by atoms with Crippen molar-refractivity contribution in [1.82, 2.24) is 0 Å². The normalized spacial score (nSPS) is 22.6. The van der Waals surface area contributed by atoms with E-state index in [2.05, 4.69) is 13.8 Å². The highest BCUT2D eigenvalue weighted by Gasteiger charge is 2.51. The van der Waals surface area contributed by atoms with Crippen molar-refractivity contribution in [1.29, 1.82) is 0 Å². The minimum absolute atomic E-state index is 0.0679. The summed E-state index contributed by atoms with van der Waals surface area (Å²) in [6, 6.07) is 0. The molecule has 0 aromatic carbocycles. The lowest BCUT2D eigenvalue weighted by molar-refractivity contribution is -0.220. The van der Waals surface area contributed by atoms with E-state index in [4.69, 9.17) is 18.5 Å². The third kappa shape index (κ3) is 28.8. The molecule has 0 bridgehead atoms. The summed E-state index contributed by atoms with van der Waals surface area (Å²) in [7, 11) is -5.01. The van der Waals surface area contributed by atoms with Crippen molar-refractivity contribution in [3.8, 4) is 0 Å². The molecule has 0 aromatic heterocycles.